The fraction of sp³-hybridized carbons (Fsp3) is 0.462. The summed E-state index contributed by atoms with van der Waals surface area (Å²) < 4.78 is 2.56. The van der Waals surface area contributed by atoms with Gasteiger partial charge in [0.05, 0.1) is 17.9 Å². The Labute approximate surface area is 121 Å². The summed E-state index contributed by atoms with van der Waals surface area (Å²) in [5.41, 5.74) is 7.68. The number of nitrogens with zero attached hydrogens (tertiary/aromatic N) is 3. The predicted molar refractivity (Wildman–Crippen MR) is 76.7 cm³/mol. The fourth-order valence-corrected chi connectivity index (χ4v) is 3.08. The normalized spacial score (nSPS) is 26.0. The summed E-state index contributed by atoms with van der Waals surface area (Å²) >= 11 is 5.35. The van der Waals surface area contributed by atoms with Gasteiger partial charge in [0.2, 0.25) is 0 Å². The van der Waals surface area contributed by atoms with E-state index in [1.807, 2.05) is 16.7 Å². The summed E-state index contributed by atoms with van der Waals surface area (Å²) in [4.78, 5) is 4.16. The molecule has 0 spiro atoms. The molecule has 1 saturated carbocycles. The Balaban J connectivity index is 1.68. The van der Waals surface area contributed by atoms with Crippen LogP contribution in [0.4, 0.5) is 0 Å². The van der Waals surface area contributed by atoms with Crippen molar-refractivity contribution in [3.8, 4) is 5.69 Å². The van der Waals surface area contributed by atoms with Crippen molar-refractivity contribution in [2.45, 2.75) is 31.3 Å². The first kappa shape index (κ1) is 12.2. The highest BCUT2D eigenvalue weighted by Crippen LogP contribution is 2.38. The SMILES string of the molecule is S=c1[nH]nc(C2CC(C3CC3)NN2)n1-c1cccnc1. The lowest BCUT2D eigenvalue weighted by atomic mass is 10.1. The van der Waals surface area contributed by atoms with Crippen LogP contribution >= 0.6 is 12.2 Å². The second-order valence-corrected chi connectivity index (χ2v) is 5.84. The second-order valence-electron chi connectivity index (χ2n) is 5.45. The smallest absolute Gasteiger partial charge is 0.199 e. The van der Waals surface area contributed by atoms with Gasteiger partial charge in [-0.25, -0.2) is 5.43 Å². The topological polar surface area (TPSA) is 70.6 Å². The summed E-state index contributed by atoms with van der Waals surface area (Å²) in [5, 5.41) is 7.30. The van der Waals surface area contributed by atoms with Gasteiger partial charge in [0.25, 0.3) is 0 Å². The molecule has 1 aliphatic heterocycles. The van der Waals surface area contributed by atoms with Gasteiger partial charge in [0.15, 0.2) is 10.6 Å². The van der Waals surface area contributed by atoms with E-state index in [1.54, 1.807) is 12.4 Å². The average molecular weight is 288 g/mol. The molecule has 0 amide bonds. The number of rotatable bonds is 3. The maximum atomic E-state index is 5.35. The Morgan fingerprint density at radius 3 is 2.95 bits per heavy atom. The van der Waals surface area contributed by atoms with Crippen molar-refractivity contribution in [2.24, 2.45) is 5.92 Å². The van der Waals surface area contributed by atoms with E-state index in [-0.39, 0.29) is 6.04 Å². The lowest BCUT2D eigenvalue weighted by Crippen LogP contribution is -2.32. The monoisotopic (exact) mass is 288 g/mol. The molecular formula is C13H16N6S. The Bertz CT molecular complexity index is 659. The number of nitrogens with one attached hydrogen (secondary N) is 3. The highest BCUT2D eigenvalue weighted by atomic mass is 32.1. The molecular weight excluding hydrogens is 272 g/mol. The third-order valence-electron chi connectivity index (χ3n) is 4.04. The summed E-state index contributed by atoms with van der Waals surface area (Å²) in [6, 6.07) is 4.62. The third kappa shape index (κ3) is 2.07. The number of hydrogen-bond donors (Lipinski definition) is 3. The molecule has 104 valence electrons. The molecule has 3 N–H and O–H groups in total. The molecule has 2 aliphatic rings. The van der Waals surface area contributed by atoms with Gasteiger partial charge in [-0.3, -0.25) is 20.1 Å². The Hall–Kier alpha value is -1.57. The van der Waals surface area contributed by atoms with Crippen LogP contribution < -0.4 is 10.9 Å². The molecule has 0 aromatic carbocycles. The summed E-state index contributed by atoms with van der Waals surface area (Å²) in [6.45, 7) is 0. The van der Waals surface area contributed by atoms with Crippen LogP contribution in [0, 0.1) is 10.7 Å². The first-order chi connectivity index (χ1) is 9.83. The Morgan fingerprint density at radius 1 is 1.30 bits per heavy atom. The van der Waals surface area contributed by atoms with Gasteiger partial charge < -0.3 is 0 Å². The molecule has 1 aliphatic carbocycles. The van der Waals surface area contributed by atoms with Crippen LogP contribution in [0.3, 0.4) is 0 Å². The number of hydrogen-bond acceptors (Lipinski definition) is 5. The van der Waals surface area contributed by atoms with Crippen LogP contribution in [0.5, 0.6) is 0 Å². The van der Waals surface area contributed by atoms with Crippen molar-refractivity contribution in [1.82, 2.24) is 30.6 Å². The van der Waals surface area contributed by atoms with Gasteiger partial charge in [0.1, 0.15) is 0 Å². The van der Waals surface area contributed by atoms with Crippen molar-refractivity contribution in [2.75, 3.05) is 0 Å². The molecule has 6 nitrogen and oxygen atoms in total. The van der Waals surface area contributed by atoms with Gasteiger partial charge in [-0.05, 0) is 49.5 Å². The van der Waals surface area contributed by atoms with Crippen molar-refractivity contribution in [3.05, 3.63) is 35.1 Å². The van der Waals surface area contributed by atoms with E-state index in [9.17, 15) is 0 Å². The highest BCUT2D eigenvalue weighted by molar-refractivity contribution is 7.71. The third-order valence-corrected chi connectivity index (χ3v) is 4.31. The maximum Gasteiger partial charge on any atom is 0.199 e. The molecule has 2 atom stereocenters. The first-order valence-corrected chi connectivity index (χ1v) is 7.32. The van der Waals surface area contributed by atoms with E-state index in [4.69, 9.17) is 12.2 Å². The fourth-order valence-electron chi connectivity index (χ4n) is 2.84. The highest BCUT2D eigenvalue weighted by Gasteiger charge is 2.38. The minimum Gasteiger partial charge on any atom is -0.269 e. The van der Waals surface area contributed by atoms with Crippen molar-refractivity contribution in [3.63, 3.8) is 0 Å². The van der Waals surface area contributed by atoms with E-state index >= 15 is 0 Å². The van der Waals surface area contributed by atoms with Crippen LogP contribution in [-0.2, 0) is 0 Å². The number of aromatic amines is 1. The lowest BCUT2D eigenvalue weighted by Gasteiger charge is -2.11. The zero-order valence-electron chi connectivity index (χ0n) is 10.9. The van der Waals surface area contributed by atoms with E-state index in [1.165, 1.54) is 12.8 Å². The van der Waals surface area contributed by atoms with E-state index in [0.717, 1.165) is 23.9 Å². The summed E-state index contributed by atoms with van der Waals surface area (Å²) in [7, 11) is 0. The van der Waals surface area contributed by atoms with Crippen molar-refractivity contribution in [1.29, 1.82) is 0 Å². The number of hydrazine groups is 1. The minimum absolute atomic E-state index is 0.175. The maximum absolute atomic E-state index is 5.35. The Morgan fingerprint density at radius 2 is 2.20 bits per heavy atom. The largest absolute Gasteiger partial charge is 0.269 e. The Kier molecular flexibility index (Phi) is 2.90. The zero-order chi connectivity index (χ0) is 13.5. The molecule has 3 heterocycles. The van der Waals surface area contributed by atoms with E-state index in [0.29, 0.717) is 10.8 Å². The molecule has 4 rings (SSSR count). The van der Waals surface area contributed by atoms with Gasteiger partial charge in [-0.1, -0.05) is 0 Å². The molecule has 2 aromatic rings. The van der Waals surface area contributed by atoms with Gasteiger partial charge in [0, 0.05) is 12.2 Å². The molecule has 20 heavy (non-hydrogen) atoms. The van der Waals surface area contributed by atoms with Crippen LogP contribution in [0.15, 0.2) is 24.5 Å². The molecule has 1 saturated heterocycles. The first-order valence-electron chi connectivity index (χ1n) is 6.91. The number of H-pyrrole nitrogens is 1. The quantitative estimate of drug-likeness (QED) is 0.749. The van der Waals surface area contributed by atoms with Gasteiger partial charge >= 0.3 is 0 Å². The molecule has 2 aromatic heterocycles. The van der Waals surface area contributed by atoms with Crippen LogP contribution in [0.25, 0.3) is 5.69 Å². The number of aromatic nitrogens is 4. The average Bonchev–Trinajstić information content (AvgIpc) is 3.08. The molecule has 2 unspecified atom stereocenters. The molecule has 2 fully saturated rings. The van der Waals surface area contributed by atoms with Gasteiger partial charge in [-0.2, -0.15) is 5.10 Å². The van der Waals surface area contributed by atoms with Crippen LogP contribution in [-0.4, -0.2) is 25.8 Å². The molecule has 7 heteroatoms. The van der Waals surface area contributed by atoms with E-state index < -0.39 is 0 Å². The van der Waals surface area contributed by atoms with Crippen LogP contribution in [0.2, 0.25) is 0 Å². The van der Waals surface area contributed by atoms with Crippen molar-refractivity contribution >= 4 is 12.2 Å². The second kappa shape index (κ2) is 4.76. The minimum atomic E-state index is 0.175. The van der Waals surface area contributed by atoms with Crippen LogP contribution in [0.1, 0.15) is 31.1 Å². The van der Waals surface area contributed by atoms with Gasteiger partial charge in [-0.15, -0.1) is 0 Å². The molecule has 0 bridgehead atoms. The molecule has 0 radical (unpaired) electrons. The summed E-state index contributed by atoms with van der Waals surface area (Å²) in [5.74, 6) is 1.74. The van der Waals surface area contributed by atoms with Crippen molar-refractivity contribution < 1.29 is 0 Å². The number of pyridine rings is 1. The summed E-state index contributed by atoms with van der Waals surface area (Å²) in [6.07, 6.45) is 7.27. The lowest BCUT2D eigenvalue weighted by molar-refractivity contribution is 0.499. The standard InChI is InChI=1S/C13H16N6S/c20-13-18-17-12(19(13)9-2-1-5-14-7-9)11-6-10(15-16-11)8-3-4-8/h1-2,5,7-8,10-11,15-16H,3-4,6H2,(H,18,20). The van der Waals surface area contributed by atoms with E-state index in [2.05, 4.69) is 26.0 Å². The predicted octanol–water partition coefficient (Wildman–Crippen LogP) is 1.64. The zero-order valence-corrected chi connectivity index (χ0v) is 11.7.